The molecule has 0 aliphatic carbocycles. The van der Waals surface area contributed by atoms with Crippen molar-refractivity contribution in [1.29, 1.82) is 0 Å². The van der Waals surface area contributed by atoms with Gasteiger partial charge < -0.3 is 20.1 Å². The Bertz CT molecular complexity index is 1280. The summed E-state index contributed by atoms with van der Waals surface area (Å²) < 4.78 is 11.0. The normalized spacial score (nSPS) is 11.4. The highest BCUT2D eigenvalue weighted by atomic mass is 16.7. The lowest BCUT2D eigenvalue weighted by molar-refractivity contribution is -0.131. The monoisotopic (exact) mass is 471 g/mol. The van der Waals surface area contributed by atoms with Crippen molar-refractivity contribution in [1.82, 2.24) is 20.5 Å². The van der Waals surface area contributed by atoms with Gasteiger partial charge in [-0.3, -0.25) is 14.9 Å². The molecule has 35 heavy (non-hydrogen) atoms. The molecule has 4 aromatic rings. The molecule has 2 aromatic carbocycles. The van der Waals surface area contributed by atoms with Gasteiger partial charge in [-0.15, -0.1) is 0 Å². The Hall–Kier alpha value is -4.01. The molecule has 0 saturated heterocycles. The summed E-state index contributed by atoms with van der Waals surface area (Å²) in [6, 6.07) is 19.1. The van der Waals surface area contributed by atoms with Crippen LogP contribution in [-0.2, 0) is 9.47 Å². The van der Waals surface area contributed by atoms with Crippen molar-refractivity contribution in [2.75, 3.05) is 25.1 Å². The number of nitrogens with zero attached hydrogens (tertiary/aromatic N) is 2. The average molecular weight is 472 g/mol. The quantitative estimate of drug-likeness (QED) is 0.266. The van der Waals surface area contributed by atoms with Crippen molar-refractivity contribution >= 4 is 40.3 Å². The van der Waals surface area contributed by atoms with Crippen LogP contribution < -0.4 is 10.6 Å². The van der Waals surface area contributed by atoms with Gasteiger partial charge in [0.2, 0.25) is 0 Å². The van der Waals surface area contributed by atoms with Gasteiger partial charge in [-0.25, -0.2) is 0 Å². The number of ether oxygens (including phenoxy) is 2. The Labute approximate surface area is 204 Å². The van der Waals surface area contributed by atoms with E-state index in [1.54, 1.807) is 12.3 Å². The molecule has 0 aliphatic heterocycles. The maximum Gasteiger partial charge on any atom is 0.253 e. The zero-order valence-electron chi connectivity index (χ0n) is 19.8. The highest BCUT2D eigenvalue weighted by Crippen LogP contribution is 2.26. The zero-order chi connectivity index (χ0) is 24.5. The fourth-order valence-electron chi connectivity index (χ4n) is 3.64. The average Bonchev–Trinajstić information content (AvgIpc) is 3.29. The van der Waals surface area contributed by atoms with E-state index in [0.717, 1.165) is 28.0 Å². The molecule has 3 N–H and O–H groups in total. The fourth-order valence-corrected chi connectivity index (χ4v) is 3.64. The topological polar surface area (TPSA) is 101 Å². The largest absolute Gasteiger partial charge is 0.355 e. The predicted molar refractivity (Wildman–Crippen MR) is 138 cm³/mol. The van der Waals surface area contributed by atoms with Crippen LogP contribution in [0, 0.1) is 0 Å². The minimum Gasteiger partial charge on any atom is -0.355 e. The van der Waals surface area contributed by atoms with Crippen molar-refractivity contribution in [2.24, 2.45) is 0 Å². The summed E-state index contributed by atoms with van der Waals surface area (Å²) in [4.78, 5) is 17.2. The van der Waals surface area contributed by atoms with Crippen molar-refractivity contribution in [3.05, 3.63) is 83.8 Å². The van der Waals surface area contributed by atoms with E-state index in [1.807, 2.05) is 80.6 Å². The maximum atomic E-state index is 12.9. The molecule has 0 aliphatic rings. The minimum absolute atomic E-state index is 0.206. The number of fused-ring (bicyclic) bond motifs is 1. The van der Waals surface area contributed by atoms with Gasteiger partial charge in [-0.1, -0.05) is 18.2 Å². The van der Waals surface area contributed by atoms with Gasteiger partial charge in [-0.05, 0) is 68.5 Å². The molecule has 0 radical (unpaired) electrons. The first-order chi connectivity index (χ1) is 17.2. The number of aromatic nitrogens is 3. The standard InChI is InChI=1S/C27H29N5O3/c1-3-34-26(35-4-2)18-29-27(33)22-10-5-6-11-23(22)30-20-12-14-21-24(31-32-25(21)17-20)15-13-19-9-7-8-16-28-19/h5-17,26,30H,3-4,18H2,1-2H3,(H,29,33)(H,31,32)/b15-13+. The van der Waals surface area contributed by atoms with E-state index in [9.17, 15) is 4.79 Å². The number of nitrogens with one attached hydrogen (secondary N) is 3. The molecule has 2 aromatic heterocycles. The number of hydrogen-bond acceptors (Lipinski definition) is 6. The number of carbonyl (C=O) groups excluding carboxylic acids is 1. The van der Waals surface area contributed by atoms with Crippen LogP contribution in [0.25, 0.3) is 23.1 Å². The molecule has 1 amide bonds. The molecule has 2 heterocycles. The van der Waals surface area contributed by atoms with Gasteiger partial charge in [0.1, 0.15) is 0 Å². The SMILES string of the molecule is CCOC(CNC(=O)c1ccccc1Nc1ccc2c(/C=C/c3ccccn3)n[nH]c2c1)OCC. The summed E-state index contributed by atoms with van der Waals surface area (Å²) in [5.74, 6) is -0.206. The smallest absolute Gasteiger partial charge is 0.253 e. The third kappa shape index (κ3) is 6.32. The molecular formula is C27H29N5O3. The van der Waals surface area contributed by atoms with Crippen LogP contribution in [0.2, 0.25) is 0 Å². The summed E-state index contributed by atoms with van der Waals surface area (Å²) in [5, 5.41) is 14.7. The van der Waals surface area contributed by atoms with Crippen LogP contribution in [0.1, 0.15) is 35.6 Å². The second-order valence-electron chi connectivity index (χ2n) is 7.68. The van der Waals surface area contributed by atoms with Crippen molar-refractivity contribution < 1.29 is 14.3 Å². The Kier molecular flexibility index (Phi) is 8.21. The van der Waals surface area contributed by atoms with E-state index >= 15 is 0 Å². The summed E-state index contributed by atoms with van der Waals surface area (Å²) in [6.07, 6.45) is 5.15. The van der Waals surface area contributed by atoms with Gasteiger partial charge in [0.15, 0.2) is 6.29 Å². The molecule has 0 spiro atoms. The van der Waals surface area contributed by atoms with Gasteiger partial charge in [0.05, 0.1) is 34.7 Å². The second-order valence-corrected chi connectivity index (χ2v) is 7.68. The Morgan fingerprint density at radius 3 is 2.60 bits per heavy atom. The van der Waals surface area contributed by atoms with E-state index in [2.05, 4.69) is 25.8 Å². The minimum atomic E-state index is -0.474. The van der Waals surface area contributed by atoms with E-state index < -0.39 is 6.29 Å². The molecule has 0 atom stereocenters. The molecule has 8 nitrogen and oxygen atoms in total. The van der Waals surface area contributed by atoms with E-state index in [0.29, 0.717) is 24.5 Å². The number of para-hydroxylation sites is 1. The van der Waals surface area contributed by atoms with Crippen molar-refractivity contribution in [3.8, 4) is 0 Å². The number of amides is 1. The number of carbonyl (C=O) groups is 1. The van der Waals surface area contributed by atoms with Crippen LogP contribution in [0.15, 0.2) is 66.9 Å². The number of benzene rings is 2. The van der Waals surface area contributed by atoms with Gasteiger partial charge >= 0.3 is 0 Å². The van der Waals surface area contributed by atoms with E-state index in [-0.39, 0.29) is 12.5 Å². The van der Waals surface area contributed by atoms with Crippen LogP contribution in [-0.4, -0.2) is 47.1 Å². The summed E-state index contributed by atoms with van der Waals surface area (Å²) in [5.41, 5.74) is 4.64. The summed E-state index contributed by atoms with van der Waals surface area (Å²) >= 11 is 0. The number of aromatic amines is 1. The predicted octanol–water partition coefficient (Wildman–Crippen LogP) is 5.00. The second kappa shape index (κ2) is 11.9. The lowest BCUT2D eigenvalue weighted by atomic mass is 10.1. The molecular weight excluding hydrogens is 442 g/mol. The lowest BCUT2D eigenvalue weighted by Crippen LogP contribution is -2.35. The number of rotatable bonds is 11. The molecule has 8 heteroatoms. The van der Waals surface area contributed by atoms with Crippen LogP contribution in [0.4, 0.5) is 11.4 Å². The van der Waals surface area contributed by atoms with Gasteiger partial charge in [0.25, 0.3) is 5.91 Å². The first-order valence-corrected chi connectivity index (χ1v) is 11.6. The van der Waals surface area contributed by atoms with E-state index in [1.165, 1.54) is 0 Å². The fraction of sp³-hybridized carbons (Fsp3) is 0.222. The Balaban J connectivity index is 1.47. The van der Waals surface area contributed by atoms with Crippen LogP contribution in [0.5, 0.6) is 0 Å². The number of anilines is 2. The molecule has 0 bridgehead atoms. The number of hydrogen-bond donors (Lipinski definition) is 3. The highest BCUT2D eigenvalue weighted by Gasteiger charge is 2.15. The van der Waals surface area contributed by atoms with Gasteiger partial charge in [-0.2, -0.15) is 5.10 Å². The van der Waals surface area contributed by atoms with Crippen LogP contribution >= 0.6 is 0 Å². The summed E-state index contributed by atoms with van der Waals surface area (Å²) in [7, 11) is 0. The maximum absolute atomic E-state index is 12.9. The van der Waals surface area contributed by atoms with Gasteiger partial charge in [0, 0.05) is 30.5 Å². The third-order valence-corrected chi connectivity index (χ3v) is 5.28. The summed E-state index contributed by atoms with van der Waals surface area (Å²) in [6.45, 7) is 5.07. The first-order valence-electron chi connectivity index (χ1n) is 11.6. The molecule has 0 unspecified atom stereocenters. The Morgan fingerprint density at radius 2 is 1.83 bits per heavy atom. The number of H-pyrrole nitrogens is 1. The lowest BCUT2D eigenvalue weighted by Gasteiger charge is -2.18. The van der Waals surface area contributed by atoms with E-state index in [4.69, 9.17) is 9.47 Å². The highest BCUT2D eigenvalue weighted by molar-refractivity contribution is 6.00. The zero-order valence-corrected chi connectivity index (χ0v) is 19.8. The van der Waals surface area contributed by atoms with Crippen molar-refractivity contribution in [3.63, 3.8) is 0 Å². The number of pyridine rings is 1. The van der Waals surface area contributed by atoms with Crippen LogP contribution in [0.3, 0.4) is 0 Å². The Morgan fingerprint density at radius 1 is 1.03 bits per heavy atom. The first kappa shape index (κ1) is 24.1. The molecule has 180 valence electrons. The molecule has 0 saturated carbocycles. The molecule has 0 fully saturated rings. The van der Waals surface area contributed by atoms with Crippen molar-refractivity contribution in [2.45, 2.75) is 20.1 Å². The molecule has 4 rings (SSSR count). The third-order valence-electron chi connectivity index (χ3n) is 5.28.